The van der Waals surface area contributed by atoms with E-state index in [4.69, 9.17) is 0 Å². The van der Waals surface area contributed by atoms with Gasteiger partial charge in [-0.05, 0) is 34.1 Å². The van der Waals surface area contributed by atoms with Crippen LogP contribution in [0.15, 0.2) is 33.5 Å². The minimum atomic E-state index is 0.978. The van der Waals surface area contributed by atoms with E-state index < -0.39 is 0 Å². The zero-order valence-corrected chi connectivity index (χ0v) is 10.5. The molecule has 84 valence electrons. The van der Waals surface area contributed by atoms with Crippen LogP contribution in [0.3, 0.4) is 0 Å². The van der Waals surface area contributed by atoms with Gasteiger partial charge in [0.2, 0.25) is 0 Å². The van der Waals surface area contributed by atoms with Crippen LogP contribution in [0, 0.1) is 0 Å². The normalized spacial score (nSPS) is 15.1. The molecule has 0 aliphatic rings. The SMILES string of the molecule is C/C=C(/C)N=CC(CCC)=N/C(C)=C\C. The second kappa shape index (κ2) is 8.16. The number of aliphatic imine (C=N–C) groups is 2. The molecule has 0 saturated heterocycles. The van der Waals surface area contributed by atoms with Gasteiger partial charge >= 0.3 is 0 Å². The molecule has 0 fully saturated rings. The summed E-state index contributed by atoms with van der Waals surface area (Å²) < 4.78 is 0. The molecule has 0 amide bonds. The molecular weight excluding hydrogens is 184 g/mol. The Morgan fingerprint density at radius 2 is 1.67 bits per heavy atom. The van der Waals surface area contributed by atoms with E-state index in [1.165, 1.54) is 0 Å². The second-order valence-corrected chi connectivity index (χ2v) is 3.47. The fourth-order valence-electron chi connectivity index (χ4n) is 0.947. The lowest BCUT2D eigenvalue weighted by Crippen LogP contribution is -2.00. The third-order valence-electron chi connectivity index (χ3n) is 2.08. The molecule has 0 saturated carbocycles. The van der Waals surface area contributed by atoms with Crippen LogP contribution in [0.2, 0.25) is 0 Å². The number of hydrogen-bond acceptors (Lipinski definition) is 2. The molecule has 0 spiro atoms. The summed E-state index contributed by atoms with van der Waals surface area (Å²) in [4.78, 5) is 8.82. The molecule has 0 aliphatic heterocycles. The number of allylic oxidation sites excluding steroid dienone is 4. The van der Waals surface area contributed by atoms with E-state index in [0.29, 0.717) is 0 Å². The lowest BCUT2D eigenvalue weighted by Gasteiger charge is -1.99. The van der Waals surface area contributed by atoms with Crippen LogP contribution in [0.4, 0.5) is 0 Å². The molecule has 0 aromatic rings. The largest absolute Gasteiger partial charge is 0.260 e. The quantitative estimate of drug-likeness (QED) is 0.604. The smallest absolute Gasteiger partial charge is 0.0589 e. The summed E-state index contributed by atoms with van der Waals surface area (Å²) in [6.45, 7) is 10.1. The Morgan fingerprint density at radius 3 is 2.13 bits per heavy atom. The average molecular weight is 206 g/mol. The standard InChI is InChI=1S/C13H22N2/c1-6-9-13(15-12(5)8-3)10-14-11(4)7-2/h7-8,10H,6,9H2,1-5H3/b11-7-,12-8-,14-10?,15-13?. The van der Waals surface area contributed by atoms with Crippen molar-refractivity contribution in [2.75, 3.05) is 0 Å². The molecule has 0 atom stereocenters. The van der Waals surface area contributed by atoms with Gasteiger partial charge in [0.1, 0.15) is 0 Å². The van der Waals surface area contributed by atoms with Gasteiger partial charge in [0.05, 0.1) is 5.71 Å². The van der Waals surface area contributed by atoms with Crippen LogP contribution in [0.5, 0.6) is 0 Å². The van der Waals surface area contributed by atoms with E-state index in [1.54, 1.807) is 0 Å². The fourth-order valence-corrected chi connectivity index (χ4v) is 0.947. The van der Waals surface area contributed by atoms with E-state index in [0.717, 1.165) is 29.9 Å². The Hall–Kier alpha value is -1.18. The Kier molecular flexibility index (Phi) is 7.51. The maximum absolute atomic E-state index is 4.49. The highest BCUT2D eigenvalue weighted by Crippen LogP contribution is 2.00. The summed E-state index contributed by atoms with van der Waals surface area (Å²) in [6.07, 6.45) is 7.93. The van der Waals surface area contributed by atoms with Gasteiger partial charge in [0.15, 0.2) is 0 Å². The van der Waals surface area contributed by atoms with Gasteiger partial charge in [-0.3, -0.25) is 9.98 Å². The van der Waals surface area contributed by atoms with Crippen LogP contribution in [0.25, 0.3) is 0 Å². The van der Waals surface area contributed by atoms with Crippen molar-refractivity contribution in [3.8, 4) is 0 Å². The average Bonchev–Trinajstić information content (AvgIpc) is 2.25. The number of rotatable bonds is 5. The van der Waals surface area contributed by atoms with E-state index >= 15 is 0 Å². The molecule has 2 nitrogen and oxygen atoms in total. The summed E-state index contributed by atoms with van der Waals surface area (Å²) in [5, 5.41) is 0. The monoisotopic (exact) mass is 206 g/mol. The lowest BCUT2D eigenvalue weighted by atomic mass is 10.2. The van der Waals surface area contributed by atoms with Crippen molar-refractivity contribution in [2.45, 2.75) is 47.5 Å². The lowest BCUT2D eigenvalue weighted by molar-refractivity contribution is 0.996. The predicted molar refractivity (Wildman–Crippen MR) is 69.7 cm³/mol. The van der Waals surface area contributed by atoms with Crippen molar-refractivity contribution in [2.24, 2.45) is 9.98 Å². The minimum Gasteiger partial charge on any atom is -0.260 e. The zero-order chi connectivity index (χ0) is 11.7. The summed E-state index contributed by atoms with van der Waals surface area (Å²) in [5.41, 5.74) is 3.12. The number of nitrogens with zero attached hydrogens (tertiary/aromatic N) is 2. The third kappa shape index (κ3) is 6.83. The van der Waals surface area contributed by atoms with E-state index in [-0.39, 0.29) is 0 Å². The first kappa shape index (κ1) is 13.8. The fraction of sp³-hybridized carbons (Fsp3) is 0.538. The summed E-state index contributed by atoms with van der Waals surface area (Å²) >= 11 is 0. The van der Waals surface area contributed by atoms with Crippen LogP contribution in [-0.4, -0.2) is 11.9 Å². The first-order valence-electron chi connectivity index (χ1n) is 5.51. The Balaban J connectivity index is 4.68. The molecular formula is C13H22N2. The molecule has 0 radical (unpaired) electrons. The highest BCUT2D eigenvalue weighted by Gasteiger charge is 1.94. The van der Waals surface area contributed by atoms with Gasteiger partial charge in [-0.2, -0.15) is 0 Å². The van der Waals surface area contributed by atoms with E-state index in [9.17, 15) is 0 Å². The predicted octanol–water partition coefficient (Wildman–Crippen LogP) is 4.15. The Labute approximate surface area is 93.5 Å². The number of hydrogen-bond donors (Lipinski definition) is 0. The first-order chi connectivity index (χ1) is 7.13. The molecule has 0 heterocycles. The van der Waals surface area contributed by atoms with Gasteiger partial charge in [-0.15, -0.1) is 0 Å². The van der Waals surface area contributed by atoms with E-state index in [2.05, 4.69) is 16.9 Å². The topological polar surface area (TPSA) is 24.7 Å². The van der Waals surface area contributed by atoms with Crippen molar-refractivity contribution in [3.05, 3.63) is 23.5 Å². The summed E-state index contributed by atoms with van der Waals surface area (Å²) in [6, 6.07) is 0. The third-order valence-corrected chi connectivity index (χ3v) is 2.08. The Morgan fingerprint density at radius 1 is 1.07 bits per heavy atom. The molecule has 0 bridgehead atoms. The van der Waals surface area contributed by atoms with Crippen molar-refractivity contribution >= 4 is 11.9 Å². The van der Waals surface area contributed by atoms with Crippen LogP contribution in [-0.2, 0) is 0 Å². The van der Waals surface area contributed by atoms with Gasteiger partial charge in [-0.25, -0.2) is 0 Å². The highest BCUT2D eigenvalue weighted by atomic mass is 14.8. The summed E-state index contributed by atoms with van der Waals surface area (Å²) in [5.74, 6) is 0. The van der Waals surface area contributed by atoms with Crippen LogP contribution >= 0.6 is 0 Å². The summed E-state index contributed by atoms with van der Waals surface area (Å²) in [7, 11) is 0. The van der Waals surface area contributed by atoms with E-state index in [1.807, 2.05) is 46.1 Å². The van der Waals surface area contributed by atoms with Crippen molar-refractivity contribution in [1.82, 2.24) is 0 Å². The van der Waals surface area contributed by atoms with Gasteiger partial charge in [0, 0.05) is 17.6 Å². The molecule has 0 unspecified atom stereocenters. The highest BCUT2D eigenvalue weighted by molar-refractivity contribution is 6.31. The molecule has 0 aromatic carbocycles. The van der Waals surface area contributed by atoms with Crippen molar-refractivity contribution in [1.29, 1.82) is 0 Å². The second-order valence-electron chi connectivity index (χ2n) is 3.47. The maximum Gasteiger partial charge on any atom is 0.0589 e. The van der Waals surface area contributed by atoms with Gasteiger partial charge < -0.3 is 0 Å². The van der Waals surface area contributed by atoms with Crippen LogP contribution in [0.1, 0.15) is 47.5 Å². The molecule has 15 heavy (non-hydrogen) atoms. The molecule has 0 N–H and O–H groups in total. The maximum atomic E-state index is 4.49. The first-order valence-corrected chi connectivity index (χ1v) is 5.51. The van der Waals surface area contributed by atoms with Crippen molar-refractivity contribution < 1.29 is 0 Å². The van der Waals surface area contributed by atoms with Crippen LogP contribution < -0.4 is 0 Å². The molecule has 0 aromatic heterocycles. The van der Waals surface area contributed by atoms with Gasteiger partial charge in [-0.1, -0.05) is 25.5 Å². The van der Waals surface area contributed by atoms with Crippen molar-refractivity contribution in [3.63, 3.8) is 0 Å². The molecule has 2 heteroatoms. The molecule has 0 rings (SSSR count). The minimum absolute atomic E-state index is 0.978. The zero-order valence-electron chi connectivity index (χ0n) is 10.5. The molecule has 0 aliphatic carbocycles. The Bertz CT molecular complexity index is 294. The van der Waals surface area contributed by atoms with Gasteiger partial charge in [0.25, 0.3) is 0 Å².